The smallest absolute Gasteiger partial charge is 0.259 e. The van der Waals surface area contributed by atoms with Gasteiger partial charge in [-0.3, -0.25) is 0 Å². The highest BCUT2D eigenvalue weighted by atomic mass is 19.1. The van der Waals surface area contributed by atoms with E-state index in [2.05, 4.69) is 25.4 Å². The maximum absolute atomic E-state index is 13.8. The third kappa shape index (κ3) is 4.00. The summed E-state index contributed by atoms with van der Waals surface area (Å²) < 4.78 is 21.1. The van der Waals surface area contributed by atoms with Crippen molar-refractivity contribution >= 4 is 5.82 Å². The summed E-state index contributed by atoms with van der Waals surface area (Å²) >= 11 is 0. The van der Waals surface area contributed by atoms with Crippen LogP contribution in [0.25, 0.3) is 22.8 Å². The van der Waals surface area contributed by atoms with Crippen LogP contribution >= 0.6 is 0 Å². The number of pyridine rings is 1. The predicted molar refractivity (Wildman–Crippen MR) is 98.3 cm³/mol. The fourth-order valence-corrected chi connectivity index (χ4v) is 2.61. The summed E-state index contributed by atoms with van der Waals surface area (Å²) in [7, 11) is 0. The molecule has 0 atom stereocenters. The van der Waals surface area contributed by atoms with E-state index >= 15 is 0 Å². The standard InChI is InChI=1S/C19H17FN6O/c20-16-5-2-1-4-15(16)18-24-19(27-25-18)14-6-7-17(23-12-14)22-8-3-10-26-11-9-21-13-26/h1-2,4-7,9,11-13H,3,8,10H2,(H,22,23). The minimum atomic E-state index is -0.391. The monoisotopic (exact) mass is 364 g/mol. The molecule has 4 aromatic rings. The first-order chi connectivity index (χ1) is 13.3. The van der Waals surface area contributed by atoms with Gasteiger partial charge in [0.1, 0.15) is 11.6 Å². The first kappa shape index (κ1) is 16.9. The van der Waals surface area contributed by atoms with Gasteiger partial charge in [-0.25, -0.2) is 14.4 Å². The van der Waals surface area contributed by atoms with E-state index in [0.717, 1.165) is 25.3 Å². The number of rotatable bonds is 7. The van der Waals surface area contributed by atoms with Gasteiger partial charge >= 0.3 is 0 Å². The van der Waals surface area contributed by atoms with Crippen molar-refractivity contribution < 1.29 is 8.91 Å². The maximum atomic E-state index is 13.8. The summed E-state index contributed by atoms with van der Waals surface area (Å²) in [4.78, 5) is 12.6. The molecule has 0 amide bonds. The number of aryl methyl sites for hydroxylation is 1. The lowest BCUT2D eigenvalue weighted by Gasteiger charge is -2.06. The third-order valence-electron chi connectivity index (χ3n) is 4.01. The van der Waals surface area contributed by atoms with Crippen LogP contribution in [0.15, 0.2) is 65.8 Å². The molecule has 1 N–H and O–H groups in total. The van der Waals surface area contributed by atoms with Gasteiger partial charge < -0.3 is 14.4 Å². The van der Waals surface area contributed by atoms with Crippen LogP contribution in [0, 0.1) is 5.82 Å². The highest BCUT2D eigenvalue weighted by Crippen LogP contribution is 2.24. The molecular weight excluding hydrogens is 347 g/mol. The third-order valence-corrected chi connectivity index (χ3v) is 4.01. The van der Waals surface area contributed by atoms with Gasteiger partial charge in [-0.1, -0.05) is 17.3 Å². The van der Waals surface area contributed by atoms with Crippen molar-refractivity contribution in [3.63, 3.8) is 0 Å². The Kier molecular flexibility index (Phi) is 4.86. The van der Waals surface area contributed by atoms with Gasteiger partial charge in [-0.15, -0.1) is 0 Å². The minimum absolute atomic E-state index is 0.213. The lowest BCUT2D eigenvalue weighted by Crippen LogP contribution is -2.06. The molecule has 0 spiro atoms. The Hall–Kier alpha value is -3.55. The summed E-state index contributed by atoms with van der Waals surface area (Å²) in [5, 5.41) is 7.12. The van der Waals surface area contributed by atoms with Crippen molar-refractivity contribution in [2.75, 3.05) is 11.9 Å². The maximum Gasteiger partial charge on any atom is 0.259 e. The van der Waals surface area contributed by atoms with E-state index in [4.69, 9.17) is 4.52 Å². The fraction of sp³-hybridized carbons (Fsp3) is 0.158. The molecule has 0 saturated heterocycles. The molecule has 0 aliphatic carbocycles. The molecule has 8 heteroatoms. The lowest BCUT2D eigenvalue weighted by atomic mass is 10.2. The second-order valence-corrected chi connectivity index (χ2v) is 5.92. The molecule has 4 rings (SSSR count). The molecule has 1 aromatic carbocycles. The minimum Gasteiger partial charge on any atom is -0.370 e. The lowest BCUT2D eigenvalue weighted by molar-refractivity contribution is 0.431. The van der Waals surface area contributed by atoms with Gasteiger partial charge in [-0.05, 0) is 30.7 Å². The Morgan fingerprint density at radius 2 is 2.07 bits per heavy atom. The number of halogens is 1. The van der Waals surface area contributed by atoms with E-state index in [-0.39, 0.29) is 5.82 Å². The van der Waals surface area contributed by atoms with E-state index in [0.29, 0.717) is 17.0 Å². The molecule has 3 heterocycles. The van der Waals surface area contributed by atoms with Gasteiger partial charge in [0.2, 0.25) is 5.82 Å². The molecule has 0 aliphatic heterocycles. The molecule has 0 unspecified atom stereocenters. The van der Waals surface area contributed by atoms with Crippen molar-refractivity contribution in [1.29, 1.82) is 0 Å². The van der Waals surface area contributed by atoms with Gasteiger partial charge in [-0.2, -0.15) is 4.98 Å². The SMILES string of the molecule is Fc1ccccc1-c1noc(-c2ccc(NCCCn3ccnc3)nc2)n1. The van der Waals surface area contributed by atoms with Crippen LogP contribution in [-0.2, 0) is 6.54 Å². The Bertz CT molecular complexity index is 997. The van der Waals surface area contributed by atoms with E-state index in [1.807, 2.05) is 22.9 Å². The highest BCUT2D eigenvalue weighted by molar-refractivity contribution is 5.60. The van der Waals surface area contributed by atoms with Crippen LogP contribution in [0.4, 0.5) is 10.2 Å². The van der Waals surface area contributed by atoms with Crippen LogP contribution in [0.3, 0.4) is 0 Å². The number of hydrogen-bond acceptors (Lipinski definition) is 6. The van der Waals surface area contributed by atoms with Crippen LogP contribution in [0.5, 0.6) is 0 Å². The largest absolute Gasteiger partial charge is 0.370 e. The van der Waals surface area contributed by atoms with E-state index < -0.39 is 5.82 Å². The van der Waals surface area contributed by atoms with Crippen molar-refractivity contribution in [2.24, 2.45) is 0 Å². The Balaban J connectivity index is 1.37. The van der Waals surface area contributed by atoms with Gasteiger partial charge in [0.05, 0.1) is 17.5 Å². The van der Waals surface area contributed by atoms with Gasteiger partial charge in [0.25, 0.3) is 5.89 Å². The van der Waals surface area contributed by atoms with Crippen LogP contribution in [0.2, 0.25) is 0 Å². The summed E-state index contributed by atoms with van der Waals surface area (Å²) in [6.45, 7) is 1.69. The molecule has 0 bridgehead atoms. The summed E-state index contributed by atoms with van der Waals surface area (Å²) in [5.74, 6) is 0.883. The van der Waals surface area contributed by atoms with Gasteiger partial charge in [0.15, 0.2) is 0 Å². The topological polar surface area (TPSA) is 81.7 Å². The Morgan fingerprint density at radius 1 is 1.15 bits per heavy atom. The molecule has 0 aliphatic rings. The zero-order valence-electron chi connectivity index (χ0n) is 14.4. The van der Waals surface area contributed by atoms with E-state index in [1.54, 1.807) is 36.9 Å². The number of hydrogen-bond donors (Lipinski definition) is 1. The average molecular weight is 364 g/mol. The predicted octanol–water partition coefficient (Wildman–Crippen LogP) is 3.64. The van der Waals surface area contributed by atoms with Crippen molar-refractivity contribution in [1.82, 2.24) is 24.7 Å². The van der Waals surface area contributed by atoms with E-state index in [1.165, 1.54) is 6.07 Å². The molecule has 27 heavy (non-hydrogen) atoms. The fourth-order valence-electron chi connectivity index (χ4n) is 2.61. The number of benzene rings is 1. The average Bonchev–Trinajstić information content (AvgIpc) is 3.38. The number of aromatic nitrogens is 5. The quantitative estimate of drug-likeness (QED) is 0.504. The van der Waals surface area contributed by atoms with Gasteiger partial charge in [0, 0.05) is 31.7 Å². The number of nitrogens with one attached hydrogen (secondary N) is 1. The molecule has 0 saturated carbocycles. The van der Waals surface area contributed by atoms with Crippen LogP contribution in [-0.4, -0.2) is 31.2 Å². The zero-order chi connectivity index (χ0) is 18.5. The normalized spacial score (nSPS) is 10.9. The summed E-state index contributed by atoms with van der Waals surface area (Å²) in [6, 6.07) is 10.00. The Morgan fingerprint density at radius 3 is 2.85 bits per heavy atom. The second-order valence-electron chi connectivity index (χ2n) is 5.92. The van der Waals surface area contributed by atoms with Crippen molar-refractivity contribution in [2.45, 2.75) is 13.0 Å². The summed E-state index contributed by atoms with van der Waals surface area (Å²) in [6.07, 6.45) is 8.11. The van der Waals surface area contributed by atoms with Crippen LogP contribution in [0.1, 0.15) is 6.42 Å². The second kappa shape index (κ2) is 7.77. The molecule has 0 radical (unpaired) electrons. The number of imidazole rings is 1. The number of anilines is 1. The first-order valence-corrected chi connectivity index (χ1v) is 8.54. The first-order valence-electron chi connectivity index (χ1n) is 8.54. The van der Waals surface area contributed by atoms with Crippen molar-refractivity contribution in [3.8, 4) is 22.8 Å². The summed E-state index contributed by atoms with van der Waals surface area (Å²) in [5.41, 5.74) is 0.977. The van der Waals surface area contributed by atoms with Crippen LogP contribution < -0.4 is 5.32 Å². The van der Waals surface area contributed by atoms with E-state index in [9.17, 15) is 4.39 Å². The Labute approximate surface area is 154 Å². The number of nitrogens with zero attached hydrogens (tertiary/aromatic N) is 5. The highest BCUT2D eigenvalue weighted by Gasteiger charge is 2.13. The zero-order valence-corrected chi connectivity index (χ0v) is 14.4. The molecule has 3 aromatic heterocycles. The molecule has 7 nitrogen and oxygen atoms in total. The van der Waals surface area contributed by atoms with Crippen molar-refractivity contribution in [3.05, 3.63) is 67.1 Å². The molecular formula is C19H17FN6O. The molecule has 0 fully saturated rings. The molecule has 136 valence electrons.